The first-order valence-corrected chi connectivity index (χ1v) is 8.91. The molecule has 1 aromatic heterocycles. The average molecular weight is 405 g/mol. The van der Waals surface area contributed by atoms with Gasteiger partial charge in [0.2, 0.25) is 0 Å². The second-order valence-corrected chi connectivity index (χ2v) is 6.61. The minimum atomic E-state index is -1.08. The van der Waals surface area contributed by atoms with E-state index in [9.17, 15) is 24.6 Å². The summed E-state index contributed by atoms with van der Waals surface area (Å²) in [6.07, 6.45) is 1.35. The lowest BCUT2D eigenvalue weighted by molar-refractivity contribution is -0.141. The van der Waals surface area contributed by atoms with Crippen LogP contribution in [-0.2, 0) is 20.9 Å². The van der Waals surface area contributed by atoms with Crippen molar-refractivity contribution in [1.29, 1.82) is 0 Å². The number of hydrogen-bond donors (Lipinski definition) is 4. The zero-order chi connectivity index (χ0) is 21.4. The van der Waals surface area contributed by atoms with E-state index < -0.39 is 17.9 Å². The van der Waals surface area contributed by atoms with Gasteiger partial charge in [0.25, 0.3) is 0 Å². The van der Waals surface area contributed by atoms with Crippen molar-refractivity contribution in [3.05, 3.63) is 36.0 Å². The number of aromatic hydroxyl groups is 1. The number of hydrogen-bond acceptors (Lipinski definition) is 7. The quantitative estimate of drug-likeness (QED) is 0.397. The topological polar surface area (TPSA) is 152 Å². The normalized spacial score (nSPS) is 11.2. The fourth-order valence-corrected chi connectivity index (χ4v) is 2.94. The molecule has 0 amide bonds. The molecule has 0 aliphatic rings. The number of aliphatic carboxylic acids is 3. The third-order valence-electron chi connectivity index (χ3n) is 4.24. The van der Waals surface area contributed by atoms with Gasteiger partial charge >= 0.3 is 17.9 Å². The number of rotatable bonds is 12. The maximum Gasteiger partial charge on any atom is 0.317 e. The molecule has 156 valence electrons. The van der Waals surface area contributed by atoms with E-state index in [1.807, 2.05) is 0 Å². The Morgan fingerprint density at radius 1 is 0.897 bits per heavy atom. The van der Waals surface area contributed by atoms with Crippen molar-refractivity contribution in [3.63, 3.8) is 0 Å². The fourth-order valence-electron chi connectivity index (χ4n) is 2.94. The molecule has 0 saturated heterocycles. The van der Waals surface area contributed by atoms with E-state index >= 15 is 0 Å². The molecule has 1 aromatic carbocycles. The molecule has 10 heteroatoms. The molecule has 29 heavy (non-hydrogen) atoms. The summed E-state index contributed by atoms with van der Waals surface area (Å²) in [5, 5.41) is 37.5. The molecule has 10 nitrogen and oxygen atoms in total. The highest BCUT2D eigenvalue weighted by molar-refractivity contribution is 5.84. The number of phenols is 1. The lowest BCUT2D eigenvalue weighted by Crippen LogP contribution is -2.40. The Balaban J connectivity index is 2.08. The second-order valence-electron chi connectivity index (χ2n) is 6.61. The van der Waals surface area contributed by atoms with Gasteiger partial charge in [0.15, 0.2) is 0 Å². The fraction of sp³-hybridized carbons (Fsp3) is 0.368. The Hall–Kier alpha value is -3.24. The first-order chi connectivity index (χ1) is 13.7. The van der Waals surface area contributed by atoms with Crippen molar-refractivity contribution in [1.82, 2.24) is 14.8 Å². The largest absolute Gasteiger partial charge is 0.506 e. The summed E-state index contributed by atoms with van der Waals surface area (Å²) in [6, 6.07) is 6.80. The number of para-hydroxylation sites is 1. The van der Waals surface area contributed by atoms with E-state index in [2.05, 4.69) is 4.98 Å². The van der Waals surface area contributed by atoms with E-state index in [0.717, 1.165) is 5.56 Å². The van der Waals surface area contributed by atoms with Crippen LogP contribution in [0.3, 0.4) is 0 Å². The Labute approximate surface area is 166 Å². The lowest BCUT2D eigenvalue weighted by Gasteiger charge is -2.25. The van der Waals surface area contributed by atoms with Gasteiger partial charge in [-0.15, -0.1) is 0 Å². The predicted octanol–water partition coefficient (Wildman–Crippen LogP) is 0.688. The third-order valence-corrected chi connectivity index (χ3v) is 4.24. The molecule has 0 bridgehead atoms. The second kappa shape index (κ2) is 10.3. The van der Waals surface area contributed by atoms with Gasteiger partial charge in [-0.3, -0.25) is 29.2 Å². The Morgan fingerprint density at radius 3 is 2.21 bits per heavy atom. The first kappa shape index (κ1) is 22.1. The average Bonchev–Trinajstić information content (AvgIpc) is 2.63. The number of benzene rings is 1. The number of nitrogens with zero attached hydrogens (tertiary/aromatic N) is 3. The first-order valence-electron chi connectivity index (χ1n) is 8.91. The van der Waals surface area contributed by atoms with Crippen LogP contribution in [0, 0.1) is 0 Å². The Morgan fingerprint density at radius 2 is 1.55 bits per heavy atom. The van der Waals surface area contributed by atoms with Gasteiger partial charge in [-0.05, 0) is 17.7 Å². The Kier molecular flexibility index (Phi) is 7.87. The molecule has 0 radical (unpaired) electrons. The van der Waals surface area contributed by atoms with Crippen molar-refractivity contribution >= 4 is 28.8 Å². The number of carboxylic acids is 3. The van der Waals surface area contributed by atoms with Crippen LogP contribution in [0.4, 0.5) is 0 Å². The van der Waals surface area contributed by atoms with Crippen molar-refractivity contribution in [2.24, 2.45) is 0 Å². The highest BCUT2D eigenvalue weighted by atomic mass is 16.4. The zero-order valence-electron chi connectivity index (χ0n) is 15.7. The highest BCUT2D eigenvalue weighted by Crippen LogP contribution is 2.23. The number of pyridine rings is 1. The van der Waals surface area contributed by atoms with Crippen LogP contribution in [0.15, 0.2) is 30.5 Å². The molecular formula is C19H23N3O7. The minimum Gasteiger partial charge on any atom is -0.506 e. The predicted molar refractivity (Wildman–Crippen MR) is 103 cm³/mol. The number of carbonyl (C=O) groups is 3. The van der Waals surface area contributed by atoms with Crippen LogP contribution in [0.25, 0.3) is 10.9 Å². The highest BCUT2D eigenvalue weighted by Gasteiger charge is 2.16. The smallest absolute Gasteiger partial charge is 0.317 e. The molecule has 0 aliphatic carbocycles. The van der Waals surface area contributed by atoms with Crippen LogP contribution in [-0.4, -0.2) is 85.8 Å². The maximum atomic E-state index is 11.2. The molecule has 2 aromatic rings. The van der Waals surface area contributed by atoms with Gasteiger partial charge in [-0.1, -0.05) is 12.1 Å². The molecule has 0 aliphatic heterocycles. The zero-order valence-corrected chi connectivity index (χ0v) is 15.7. The van der Waals surface area contributed by atoms with Crippen molar-refractivity contribution in [2.75, 3.05) is 32.7 Å². The summed E-state index contributed by atoms with van der Waals surface area (Å²) < 4.78 is 0. The van der Waals surface area contributed by atoms with Crippen molar-refractivity contribution in [2.45, 2.75) is 13.0 Å². The van der Waals surface area contributed by atoms with Crippen LogP contribution in [0.2, 0.25) is 0 Å². The van der Waals surface area contributed by atoms with E-state index in [1.54, 1.807) is 29.3 Å². The van der Waals surface area contributed by atoms with Gasteiger partial charge in [-0.25, -0.2) is 0 Å². The van der Waals surface area contributed by atoms with Crippen molar-refractivity contribution in [3.8, 4) is 5.75 Å². The van der Waals surface area contributed by atoms with Crippen LogP contribution in [0.1, 0.15) is 12.0 Å². The lowest BCUT2D eigenvalue weighted by atomic mass is 10.1. The third kappa shape index (κ3) is 7.35. The molecule has 0 unspecified atom stereocenters. The van der Waals surface area contributed by atoms with E-state index in [0.29, 0.717) is 10.9 Å². The van der Waals surface area contributed by atoms with Gasteiger partial charge in [0.05, 0.1) is 19.5 Å². The minimum absolute atomic E-state index is 0.0548. The molecule has 0 spiro atoms. The summed E-state index contributed by atoms with van der Waals surface area (Å²) in [7, 11) is 0. The molecule has 2 rings (SSSR count). The number of carboxylic acid groups (broad SMARTS) is 3. The standard InChI is InChI=1S/C19H23N3O7/c23-15-3-1-2-14-8-13(9-20-19(14)15)10-22(12-18(28)29)7-6-21(11-17(26)27)5-4-16(24)25/h1-3,8-9,23H,4-7,10-12H2,(H,24,25)(H,26,27)(H,28,29). The number of aromatic nitrogens is 1. The van der Waals surface area contributed by atoms with E-state index in [1.165, 1.54) is 11.0 Å². The maximum absolute atomic E-state index is 11.2. The van der Waals surface area contributed by atoms with Gasteiger partial charge in [-0.2, -0.15) is 0 Å². The van der Waals surface area contributed by atoms with Gasteiger partial charge < -0.3 is 20.4 Å². The van der Waals surface area contributed by atoms with Crippen LogP contribution >= 0.6 is 0 Å². The van der Waals surface area contributed by atoms with E-state index in [-0.39, 0.29) is 51.4 Å². The molecule has 0 fully saturated rings. The molecule has 0 saturated carbocycles. The van der Waals surface area contributed by atoms with Crippen molar-refractivity contribution < 1.29 is 34.8 Å². The molecule has 1 heterocycles. The summed E-state index contributed by atoms with van der Waals surface area (Å²) in [5.74, 6) is -3.10. The van der Waals surface area contributed by atoms with E-state index in [4.69, 9.17) is 10.2 Å². The number of fused-ring (bicyclic) bond motifs is 1. The van der Waals surface area contributed by atoms with Gasteiger partial charge in [0.1, 0.15) is 11.3 Å². The SMILES string of the molecule is O=C(O)CCN(CCN(CC(=O)O)Cc1cnc2c(O)cccc2c1)CC(=O)O. The monoisotopic (exact) mass is 405 g/mol. The molecular weight excluding hydrogens is 382 g/mol. The number of phenolic OH excluding ortho intramolecular Hbond substituents is 1. The molecule has 0 atom stereocenters. The summed E-state index contributed by atoms with van der Waals surface area (Å²) >= 11 is 0. The van der Waals surface area contributed by atoms with Crippen LogP contribution in [0.5, 0.6) is 5.75 Å². The summed E-state index contributed by atoms with van der Waals surface area (Å²) in [6.45, 7) is 0.152. The summed E-state index contributed by atoms with van der Waals surface area (Å²) in [5.41, 5.74) is 1.18. The van der Waals surface area contributed by atoms with Gasteiger partial charge in [0, 0.05) is 37.8 Å². The van der Waals surface area contributed by atoms with Crippen LogP contribution < -0.4 is 0 Å². The Bertz CT molecular complexity index is 887. The summed E-state index contributed by atoms with van der Waals surface area (Å²) in [4.78, 5) is 40.3. The molecule has 4 N–H and O–H groups in total.